The van der Waals surface area contributed by atoms with Crippen molar-refractivity contribution in [3.8, 4) is 5.75 Å². The van der Waals surface area contributed by atoms with E-state index in [9.17, 15) is 5.11 Å². The van der Waals surface area contributed by atoms with Crippen LogP contribution in [0.25, 0.3) is 11.0 Å². The van der Waals surface area contributed by atoms with Crippen LogP contribution in [-0.2, 0) is 0 Å². The predicted octanol–water partition coefficient (Wildman–Crippen LogP) is 3.41. The van der Waals surface area contributed by atoms with Gasteiger partial charge >= 0.3 is 0 Å². The van der Waals surface area contributed by atoms with Gasteiger partial charge in [-0.05, 0) is 50.3 Å². The first-order valence-electron chi connectivity index (χ1n) is 7.99. The lowest BCUT2D eigenvalue weighted by atomic mass is 10.2. The number of nitrogens with zero attached hydrogens (tertiary/aromatic N) is 3. The Bertz CT molecular complexity index is 900. The Morgan fingerprint density at radius 2 is 1.72 bits per heavy atom. The Balaban J connectivity index is 1.86. The van der Waals surface area contributed by atoms with E-state index in [0.29, 0.717) is 12.3 Å². The first-order chi connectivity index (χ1) is 12.1. The maximum absolute atomic E-state index is 9.34. The minimum atomic E-state index is -0.0277. The molecule has 0 saturated heterocycles. The molecule has 25 heavy (non-hydrogen) atoms. The van der Waals surface area contributed by atoms with E-state index in [1.165, 1.54) is 0 Å². The van der Waals surface area contributed by atoms with Crippen molar-refractivity contribution in [3.63, 3.8) is 0 Å². The number of thiocarbonyl (C=S) groups is 1. The number of aliphatic hydroxyl groups is 1. The molecule has 0 aliphatic rings. The third-order valence-electron chi connectivity index (χ3n) is 3.86. The Labute approximate surface area is 151 Å². The van der Waals surface area contributed by atoms with Crippen LogP contribution in [0.1, 0.15) is 11.4 Å². The van der Waals surface area contributed by atoms with Crippen molar-refractivity contribution >= 4 is 34.1 Å². The summed E-state index contributed by atoms with van der Waals surface area (Å²) in [5.41, 5.74) is 4.25. The molecule has 0 fully saturated rings. The Morgan fingerprint density at radius 3 is 2.40 bits per heavy atom. The van der Waals surface area contributed by atoms with Gasteiger partial charge in [0.2, 0.25) is 0 Å². The lowest BCUT2D eigenvalue weighted by molar-refractivity contribution is 0.305. The van der Waals surface area contributed by atoms with E-state index in [0.717, 1.165) is 28.1 Å². The molecule has 0 unspecified atom stereocenters. The highest BCUT2D eigenvalue weighted by molar-refractivity contribution is 7.80. The van der Waals surface area contributed by atoms with Crippen LogP contribution in [0.15, 0.2) is 48.5 Å². The number of para-hydroxylation sites is 1. The van der Waals surface area contributed by atoms with Gasteiger partial charge in [-0.1, -0.05) is 18.2 Å². The number of ether oxygens (including phenoxy) is 1. The summed E-state index contributed by atoms with van der Waals surface area (Å²) in [6, 6.07) is 15.1. The monoisotopic (exact) mass is 353 g/mol. The maximum Gasteiger partial charge on any atom is 0.269 e. The molecule has 128 valence electrons. The average molecular weight is 353 g/mol. The van der Waals surface area contributed by atoms with Crippen LogP contribution in [0, 0.1) is 13.8 Å². The summed E-state index contributed by atoms with van der Waals surface area (Å²) in [6.07, 6.45) is 0. The van der Waals surface area contributed by atoms with Gasteiger partial charge in [-0.25, -0.2) is 9.97 Å². The van der Waals surface area contributed by atoms with E-state index in [4.69, 9.17) is 17.0 Å². The number of aliphatic hydroxyl groups excluding tert-OH is 1. The molecule has 3 aromatic rings. The molecule has 1 aromatic heterocycles. The SMILES string of the molecule is Cc1nc2ccc(OC(=S)N(CCO)c3ccccc3)cc2nc1C. The number of hydrogen-bond acceptors (Lipinski definition) is 5. The van der Waals surface area contributed by atoms with E-state index in [1.54, 1.807) is 4.90 Å². The minimum Gasteiger partial charge on any atom is -0.431 e. The van der Waals surface area contributed by atoms with Crippen LogP contribution in [0.2, 0.25) is 0 Å². The zero-order valence-corrected chi connectivity index (χ0v) is 15.0. The van der Waals surface area contributed by atoms with Crippen molar-refractivity contribution in [1.29, 1.82) is 0 Å². The summed E-state index contributed by atoms with van der Waals surface area (Å²) in [4.78, 5) is 10.8. The molecular weight excluding hydrogens is 334 g/mol. The van der Waals surface area contributed by atoms with Crippen molar-refractivity contribution in [1.82, 2.24) is 9.97 Å². The summed E-state index contributed by atoms with van der Waals surface area (Å²) >= 11 is 5.43. The van der Waals surface area contributed by atoms with Crippen LogP contribution >= 0.6 is 12.2 Å². The van der Waals surface area contributed by atoms with Crippen molar-refractivity contribution < 1.29 is 9.84 Å². The fourth-order valence-electron chi connectivity index (χ4n) is 2.46. The van der Waals surface area contributed by atoms with Crippen molar-refractivity contribution in [3.05, 3.63) is 59.9 Å². The third kappa shape index (κ3) is 3.92. The van der Waals surface area contributed by atoms with Crippen molar-refractivity contribution in [2.24, 2.45) is 0 Å². The summed E-state index contributed by atoms with van der Waals surface area (Å²) < 4.78 is 5.84. The molecule has 1 heterocycles. The molecule has 0 saturated carbocycles. The molecule has 1 N–H and O–H groups in total. The minimum absolute atomic E-state index is 0.0277. The first-order valence-corrected chi connectivity index (χ1v) is 8.39. The van der Waals surface area contributed by atoms with Crippen LogP contribution in [0.4, 0.5) is 5.69 Å². The van der Waals surface area contributed by atoms with Crippen LogP contribution in [0.3, 0.4) is 0 Å². The van der Waals surface area contributed by atoms with E-state index < -0.39 is 0 Å². The number of hydrogen-bond donors (Lipinski definition) is 1. The molecule has 0 bridgehead atoms. The van der Waals surface area contributed by atoms with E-state index >= 15 is 0 Å². The molecule has 6 heteroatoms. The normalized spacial score (nSPS) is 10.7. The van der Waals surface area contributed by atoms with Gasteiger partial charge in [0, 0.05) is 11.8 Å². The molecule has 0 radical (unpaired) electrons. The van der Waals surface area contributed by atoms with Crippen LogP contribution in [0.5, 0.6) is 5.75 Å². The zero-order chi connectivity index (χ0) is 17.8. The second kappa shape index (κ2) is 7.55. The van der Waals surface area contributed by atoms with Crippen LogP contribution < -0.4 is 9.64 Å². The fraction of sp³-hybridized carbons (Fsp3) is 0.211. The largest absolute Gasteiger partial charge is 0.431 e. The Morgan fingerprint density at radius 1 is 1.04 bits per heavy atom. The number of rotatable bonds is 4. The second-order valence-electron chi connectivity index (χ2n) is 5.62. The maximum atomic E-state index is 9.34. The highest BCUT2D eigenvalue weighted by Gasteiger charge is 2.14. The predicted molar refractivity (Wildman–Crippen MR) is 103 cm³/mol. The van der Waals surface area contributed by atoms with Crippen molar-refractivity contribution in [2.75, 3.05) is 18.1 Å². The Hall–Kier alpha value is -2.57. The van der Waals surface area contributed by atoms with Crippen molar-refractivity contribution in [2.45, 2.75) is 13.8 Å². The van der Waals surface area contributed by atoms with Crippen LogP contribution in [-0.4, -0.2) is 33.4 Å². The standard InChI is InChI=1S/C19H19N3O2S/c1-13-14(2)21-18-12-16(8-9-17(18)20-13)24-19(25)22(10-11-23)15-6-4-3-5-7-15/h3-9,12,23H,10-11H2,1-2H3. The zero-order valence-electron chi connectivity index (χ0n) is 14.1. The van der Waals surface area contributed by atoms with E-state index in [2.05, 4.69) is 9.97 Å². The molecule has 2 aromatic carbocycles. The quantitative estimate of drug-likeness (QED) is 0.726. The summed E-state index contributed by atoms with van der Waals surface area (Å²) in [7, 11) is 0. The topological polar surface area (TPSA) is 58.5 Å². The van der Waals surface area contributed by atoms with E-state index in [-0.39, 0.29) is 11.8 Å². The van der Waals surface area contributed by atoms with Gasteiger partial charge in [0.05, 0.1) is 35.6 Å². The molecular formula is C19H19N3O2S. The average Bonchev–Trinajstić information content (AvgIpc) is 2.61. The summed E-state index contributed by atoms with van der Waals surface area (Å²) in [5.74, 6) is 0.592. The highest BCUT2D eigenvalue weighted by atomic mass is 32.1. The smallest absolute Gasteiger partial charge is 0.269 e. The lowest BCUT2D eigenvalue weighted by Crippen LogP contribution is -2.35. The third-order valence-corrected chi connectivity index (χ3v) is 4.17. The molecule has 0 amide bonds. The van der Waals surface area contributed by atoms with E-state index in [1.807, 2.05) is 62.4 Å². The van der Waals surface area contributed by atoms with Gasteiger partial charge in [0.15, 0.2) is 0 Å². The molecule has 0 aliphatic carbocycles. The lowest BCUT2D eigenvalue weighted by Gasteiger charge is -2.24. The number of anilines is 1. The first kappa shape index (κ1) is 17.3. The van der Waals surface area contributed by atoms with Gasteiger partial charge in [-0.2, -0.15) is 0 Å². The number of fused-ring (bicyclic) bond motifs is 1. The second-order valence-corrected chi connectivity index (χ2v) is 5.97. The van der Waals surface area contributed by atoms with Gasteiger partial charge in [0.1, 0.15) is 5.75 Å². The molecule has 3 rings (SSSR count). The van der Waals surface area contributed by atoms with Gasteiger partial charge in [-0.15, -0.1) is 0 Å². The fourth-order valence-corrected chi connectivity index (χ4v) is 2.76. The highest BCUT2D eigenvalue weighted by Crippen LogP contribution is 2.21. The molecule has 0 atom stereocenters. The Kier molecular flexibility index (Phi) is 5.21. The molecule has 5 nitrogen and oxygen atoms in total. The van der Waals surface area contributed by atoms with Gasteiger partial charge < -0.3 is 14.7 Å². The van der Waals surface area contributed by atoms with Gasteiger partial charge in [-0.3, -0.25) is 0 Å². The molecule has 0 aliphatic heterocycles. The summed E-state index contributed by atoms with van der Waals surface area (Å²) in [6.45, 7) is 4.20. The number of aryl methyl sites for hydroxylation is 2. The summed E-state index contributed by atoms with van der Waals surface area (Å²) in [5, 5.41) is 9.61. The molecule has 0 spiro atoms. The number of benzene rings is 2. The number of aromatic nitrogens is 2. The van der Waals surface area contributed by atoms with Gasteiger partial charge in [0.25, 0.3) is 5.17 Å².